The van der Waals surface area contributed by atoms with E-state index in [1.54, 1.807) is 16.7 Å². The molecule has 2 heterocycles. The second-order valence-electron chi connectivity index (χ2n) is 5.65. The number of rotatable bonds is 3. The van der Waals surface area contributed by atoms with Crippen molar-refractivity contribution in [3.63, 3.8) is 0 Å². The average Bonchev–Trinajstić information content (AvgIpc) is 3.28. The van der Waals surface area contributed by atoms with Crippen molar-refractivity contribution in [2.75, 3.05) is 0 Å². The number of aromatic nitrogens is 3. The van der Waals surface area contributed by atoms with E-state index in [0.717, 1.165) is 12.8 Å². The molecule has 0 aliphatic heterocycles. The molecule has 1 aromatic carbocycles. The summed E-state index contributed by atoms with van der Waals surface area (Å²) in [5, 5.41) is 0. The Hall–Kier alpha value is -2.77. The van der Waals surface area contributed by atoms with Gasteiger partial charge in [0.1, 0.15) is 17.0 Å². The van der Waals surface area contributed by atoms with E-state index in [9.17, 15) is 18.0 Å². The van der Waals surface area contributed by atoms with Crippen LogP contribution in [0, 0.1) is 0 Å². The maximum Gasteiger partial charge on any atom is 0.573 e. The minimum absolute atomic E-state index is 0.167. The third-order valence-electron chi connectivity index (χ3n) is 3.84. The summed E-state index contributed by atoms with van der Waals surface area (Å²) in [7, 11) is 0. The van der Waals surface area contributed by atoms with Crippen molar-refractivity contribution in [3.8, 4) is 11.4 Å². The first-order valence-electron chi connectivity index (χ1n) is 7.39. The zero-order valence-corrected chi connectivity index (χ0v) is 12.3. The molecular formula is C16H12F3N3O2. The molecule has 1 N–H and O–H groups in total. The quantitative estimate of drug-likeness (QED) is 0.797. The molecule has 2 aromatic heterocycles. The third kappa shape index (κ3) is 2.64. The fourth-order valence-corrected chi connectivity index (χ4v) is 2.72. The number of H-pyrrole nitrogens is 1. The molecule has 24 heavy (non-hydrogen) atoms. The molecule has 0 saturated heterocycles. The third-order valence-corrected chi connectivity index (χ3v) is 3.84. The zero-order valence-electron chi connectivity index (χ0n) is 12.3. The summed E-state index contributed by atoms with van der Waals surface area (Å²) in [5.41, 5.74) is 0.738. The standard InChI is InChI=1S/C16H12F3N3O2/c17-16(18,19)24-12-4-2-1-3-11(12)22-14(9-5-6-9)20-10-7-8-13(23)21-15(10)22/h1-4,7-9H,5-6H2,(H,21,23). The fraction of sp³-hybridized carbons (Fsp3) is 0.250. The van der Waals surface area contributed by atoms with Crippen LogP contribution in [-0.4, -0.2) is 20.9 Å². The van der Waals surface area contributed by atoms with Gasteiger partial charge in [0.05, 0.1) is 5.69 Å². The smallest absolute Gasteiger partial charge is 0.404 e. The first-order chi connectivity index (χ1) is 11.4. The number of halogens is 3. The normalized spacial score (nSPS) is 15.0. The topological polar surface area (TPSA) is 59.9 Å². The lowest BCUT2D eigenvalue weighted by molar-refractivity contribution is -0.274. The van der Waals surface area contributed by atoms with E-state index in [0.29, 0.717) is 17.0 Å². The Morgan fingerprint density at radius 1 is 1.17 bits per heavy atom. The van der Waals surface area contributed by atoms with Crippen LogP contribution >= 0.6 is 0 Å². The number of pyridine rings is 1. The number of para-hydroxylation sites is 2. The summed E-state index contributed by atoms with van der Waals surface area (Å²) < 4.78 is 43.8. The number of fused-ring (bicyclic) bond motifs is 1. The predicted octanol–water partition coefficient (Wildman–Crippen LogP) is 3.49. The van der Waals surface area contributed by atoms with E-state index in [4.69, 9.17) is 0 Å². The summed E-state index contributed by atoms with van der Waals surface area (Å²) in [5.74, 6) is 0.459. The van der Waals surface area contributed by atoms with Crippen molar-refractivity contribution in [3.05, 3.63) is 52.6 Å². The second-order valence-corrected chi connectivity index (χ2v) is 5.65. The van der Waals surface area contributed by atoms with Crippen LogP contribution in [0.2, 0.25) is 0 Å². The number of aromatic amines is 1. The van der Waals surface area contributed by atoms with Crippen LogP contribution in [-0.2, 0) is 0 Å². The lowest BCUT2D eigenvalue weighted by Gasteiger charge is -2.15. The van der Waals surface area contributed by atoms with Crippen LogP contribution in [0.1, 0.15) is 24.6 Å². The molecule has 8 heteroatoms. The molecule has 3 aromatic rings. The van der Waals surface area contributed by atoms with Gasteiger partial charge in [-0.2, -0.15) is 0 Å². The Morgan fingerprint density at radius 2 is 1.92 bits per heavy atom. The van der Waals surface area contributed by atoms with Gasteiger partial charge in [0.15, 0.2) is 5.75 Å². The van der Waals surface area contributed by atoms with Crippen molar-refractivity contribution in [2.24, 2.45) is 0 Å². The first-order valence-corrected chi connectivity index (χ1v) is 7.39. The minimum Gasteiger partial charge on any atom is -0.404 e. The predicted molar refractivity (Wildman–Crippen MR) is 80.3 cm³/mol. The number of nitrogens with one attached hydrogen (secondary N) is 1. The van der Waals surface area contributed by atoms with E-state index in [1.807, 2.05) is 0 Å². The van der Waals surface area contributed by atoms with Gasteiger partial charge in [0.25, 0.3) is 0 Å². The van der Waals surface area contributed by atoms with Gasteiger partial charge in [0.2, 0.25) is 5.56 Å². The Morgan fingerprint density at radius 3 is 2.62 bits per heavy atom. The molecule has 0 radical (unpaired) electrons. The number of alkyl halides is 3. The molecule has 1 aliphatic carbocycles. The van der Waals surface area contributed by atoms with Gasteiger partial charge in [-0.05, 0) is 31.0 Å². The van der Waals surface area contributed by atoms with Crippen LogP contribution in [0.15, 0.2) is 41.2 Å². The van der Waals surface area contributed by atoms with Gasteiger partial charge in [0, 0.05) is 12.0 Å². The minimum atomic E-state index is -4.81. The van der Waals surface area contributed by atoms with Gasteiger partial charge < -0.3 is 9.72 Å². The van der Waals surface area contributed by atoms with Crippen LogP contribution in [0.4, 0.5) is 13.2 Å². The monoisotopic (exact) mass is 335 g/mol. The average molecular weight is 335 g/mol. The van der Waals surface area contributed by atoms with Crippen LogP contribution < -0.4 is 10.3 Å². The maximum absolute atomic E-state index is 12.7. The van der Waals surface area contributed by atoms with Gasteiger partial charge in [-0.25, -0.2) is 4.98 Å². The van der Waals surface area contributed by atoms with Crippen molar-refractivity contribution in [1.82, 2.24) is 14.5 Å². The lowest BCUT2D eigenvalue weighted by atomic mass is 10.2. The number of benzene rings is 1. The molecule has 5 nitrogen and oxygen atoms in total. The highest BCUT2D eigenvalue weighted by Crippen LogP contribution is 2.42. The van der Waals surface area contributed by atoms with Crippen LogP contribution in [0.25, 0.3) is 16.9 Å². The zero-order chi connectivity index (χ0) is 16.9. The first kappa shape index (κ1) is 14.8. The maximum atomic E-state index is 12.7. The molecule has 124 valence electrons. The second kappa shape index (κ2) is 5.12. The summed E-state index contributed by atoms with van der Waals surface area (Å²) in [6, 6.07) is 8.73. The van der Waals surface area contributed by atoms with Crippen LogP contribution in [0.5, 0.6) is 5.75 Å². The molecular weight excluding hydrogens is 323 g/mol. The van der Waals surface area contributed by atoms with Crippen molar-refractivity contribution in [1.29, 1.82) is 0 Å². The molecule has 0 amide bonds. The number of hydrogen-bond donors (Lipinski definition) is 1. The van der Waals surface area contributed by atoms with Crippen molar-refractivity contribution in [2.45, 2.75) is 25.1 Å². The molecule has 0 bridgehead atoms. The molecule has 0 spiro atoms. The highest BCUT2D eigenvalue weighted by Gasteiger charge is 2.34. The fourth-order valence-electron chi connectivity index (χ4n) is 2.72. The molecule has 0 unspecified atom stereocenters. The summed E-state index contributed by atoms with van der Waals surface area (Å²) >= 11 is 0. The summed E-state index contributed by atoms with van der Waals surface area (Å²) in [6.45, 7) is 0. The Labute approximate surface area is 133 Å². The number of hydrogen-bond acceptors (Lipinski definition) is 3. The highest BCUT2D eigenvalue weighted by molar-refractivity contribution is 5.75. The lowest BCUT2D eigenvalue weighted by Crippen LogP contribution is -2.19. The number of imidazole rings is 1. The van der Waals surface area contributed by atoms with Gasteiger partial charge in [-0.3, -0.25) is 9.36 Å². The van der Waals surface area contributed by atoms with Crippen molar-refractivity contribution >= 4 is 11.2 Å². The van der Waals surface area contributed by atoms with Crippen molar-refractivity contribution < 1.29 is 17.9 Å². The Kier molecular flexibility index (Phi) is 3.16. The highest BCUT2D eigenvalue weighted by atomic mass is 19.4. The van der Waals surface area contributed by atoms with E-state index >= 15 is 0 Å². The van der Waals surface area contributed by atoms with Gasteiger partial charge in [-0.1, -0.05) is 12.1 Å². The largest absolute Gasteiger partial charge is 0.573 e. The number of nitrogens with zero attached hydrogens (tertiary/aromatic N) is 2. The molecule has 1 saturated carbocycles. The SMILES string of the molecule is O=c1ccc2nc(C3CC3)n(-c3ccccc3OC(F)(F)F)c2[nH]1. The molecule has 0 atom stereocenters. The van der Waals surface area contributed by atoms with Crippen LogP contribution in [0.3, 0.4) is 0 Å². The molecule has 1 aliphatic rings. The summed E-state index contributed by atoms with van der Waals surface area (Å²) in [6.07, 6.45) is -2.98. The molecule has 1 fully saturated rings. The van der Waals surface area contributed by atoms with Gasteiger partial charge >= 0.3 is 6.36 Å². The molecule has 4 rings (SSSR count). The Bertz CT molecular complexity index is 971. The van der Waals surface area contributed by atoms with E-state index in [-0.39, 0.29) is 22.9 Å². The van der Waals surface area contributed by atoms with Gasteiger partial charge in [-0.15, -0.1) is 13.2 Å². The Balaban J connectivity index is 1.98. The summed E-state index contributed by atoms with van der Waals surface area (Å²) in [4.78, 5) is 18.8. The number of ether oxygens (including phenoxy) is 1. The van der Waals surface area contributed by atoms with E-state index < -0.39 is 6.36 Å². The van der Waals surface area contributed by atoms with E-state index in [1.165, 1.54) is 24.3 Å². The van der Waals surface area contributed by atoms with E-state index in [2.05, 4.69) is 14.7 Å².